The summed E-state index contributed by atoms with van der Waals surface area (Å²) in [7, 11) is -4.50. The summed E-state index contributed by atoms with van der Waals surface area (Å²) in [4.78, 5) is 17.6. The van der Waals surface area contributed by atoms with E-state index < -0.39 is 13.4 Å². The summed E-state index contributed by atoms with van der Waals surface area (Å²) in [6.07, 6.45) is 0.882. The van der Waals surface area contributed by atoms with Crippen LogP contribution < -0.4 is 4.74 Å². The smallest absolute Gasteiger partial charge is 0.358 e. The van der Waals surface area contributed by atoms with Crippen molar-refractivity contribution in [3.8, 4) is 5.75 Å². The van der Waals surface area contributed by atoms with E-state index >= 15 is 0 Å². The predicted molar refractivity (Wildman–Crippen MR) is 59.2 cm³/mol. The van der Waals surface area contributed by atoms with Gasteiger partial charge in [-0.2, -0.15) is 0 Å². The van der Waals surface area contributed by atoms with Gasteiger partial charge in [0, 0.05) is 0 Å². The maximum atomic E-state index is 10.8. The highest BCUT2D eigenvalue weighted by atomic mass is 31.2. The van der Waals surface area contributed by atoms with E-state index in [1.165, 1.54) is 12.1 Å². The van der Waals surface area contributed by atoms with Crippen molar-refractivity contribution in [2.45, 2.75) is 19.2 Å². The van der Waals surface area contributed by atoms with Crippen LogP contribution in [0.3, 0.4) is 0 Å². The fourth-order valence-corrected chi connectivity index (χ4v) is 1.71. The van der Waals surface area contributed by atoms with Gasteiger partial charge in [0.25, 0.3) is 0 Å². The van der Waals surface area contributed by atoms with Crippen LogP contribution in [0, 0.1) is 0 Å². The van der Waals surface area contributed by atoms with Crippen molar-refractivity contribution in [2.24, 2.45) is 0 Å². The third-order valence-corrected chi connectivity index (χ3v) is 2.91. The van der Waals surface area contributed by atoms with Crippen LogP contribution in [-0.2, 0) is 4.57 Å². The number of rotatable bonds is 5. The van der Waals surface area contributed by atoms with Crippen LogP contribution in [0.5, 0.6) is 5.75 Å². The molecule has 0 saturated carbocycles. The Kier molecular flexibility index (Phi) is 4.50. The van der Waals surface area contributed by atoms with Crippen molar-refractivity contribution in [1.82, 2.24) is 0 Å². The minimum absolute atomic E-state index is 0.178. The molecule has 0 spiro atoms. The van der Waals surface area contributed by atoms with Crippen LogP contribution >= 0.6 is 7.60 Å². The summed E-state index contributed by atoms with van der Waals surface area (Å²) in [6.45, 7) is 2.56. The Labute approximate surface area is 93.9 Å². The van der Waals surface area contributed by atoms with Gasteiger partial charge in [0.2, 0.25) is 0 Å². The fourth-order valence-electron chi connectivity index (χ4n) is 1.15. The zero-order valence-electron chi connectivity index (χ0n) is 8.91. The van der Waals surface area contributed by atoms with Crippen molar-refractivity contribution in [2.75, 3.05) is 6.61 Å². The highest BCUT2D eigenvalue weighted by Gasteiger charge is 2.27. The summed E-state index contributed by atoms with van der Waals surface area (Å²) < 4.78 is 16.1. The molecule has 0 aromatic heterocycles. The standard InChI is InChI=1S/C10H15O5P/c1-2-7-15-9-5-3-8(4-6-9)10(11)16(12,13)14/h3-6,10-11H,2,7H2,1H3,(H2,12,13,14). The largest absolute Gasteiger partial charge is 0.494 e. The van der Waals surface area contributed by atoms with E-state index in [2.05, 4.69) is 0 Å². The zero-order chi connectivity index (χ0) is 12.2. The van der Waals surface area contributed by atoms with Crippen LogP contribution in [-0.4, -0.2) is 21.5 Å². The molecule has 0 bridgehead atoms. The molecule has 0 radical (unpaired) electrons. The summed E-state index contributed by atoms with van der Waals surface area (Å²) in [5.74, 6) is -1.16. The van der Waals surface area contributed by atoms with E-state index in [-0.39, 0.29) is 5.56 Å². The molecule has 1 atom stereocenters. The molecule has 0 amide bonds. The molecular weight excluding hydrogens is 231 g/mol. The van der Waals surface area contributed by atoms with Crippen LogP contribution in [0.4, 0.5) is 0 Å². The SMILES string of the molecule is CCCOc1ccc(C(O)P(=O)(O)O)cc1. The van der Waals surface area contributed by atoms with Crippen molar-refractivity contribution in [1.29, 1.82) is 0 Å². The Balaban J connectivity index is 2.75. The van der Waals surface area contributed by atoms with E-state index in [9.17, 15) is 9.67 Å². The molecular formula is C10H15O5P. The fraction of sp³-hybridized carbons (Fsp3) is 0.400. The Morgan fingerprint density at radius 2 is 1.88 bits per heavy atom. The van der Waals surface area contributed by atoms with Gasteiger partial charge < -0.3 is 19.6 Å². The van der Waals surface area contributed by atoms with Gasteiger partial charge in [-0.1, -0.05) is 19.1 Å². The molecule has 1 aromatic carbocycles. The molecule has 6 heteroatoms. The van der Waals surface area contributed by atoms with Gasteiger partial charge >= 0.3 is 7.60 Å². The highest BCUT2D eigenvalue weighted by molar-refractivity contribution is 7.51. The minimum Gasteiger partial charge on any atom is -0.494 e. The van der Waals surface area contributed by atoms with Crippen molar-refractivity contribution >= 4 is 7.60 Å². The molecule has 0 heterocycles. The van der Waals surface area contributed by atoms with Gasteiger partial charge in [0.1, 0.15) is 5.75 Å². The lowest BCUT2D eigenvalue weighted by molar-refractivity contribution is 0.205. The highest BCUT2D eigenvalue weighted by Crippen LogP contribution is 2.49. The maximum Gasteiger partial charge on any atom is 0.358 e. The molecule has 1 aromatic rings. The molecule has 0 fully saturated rings. The lowest BCUT2D eigenvalue weighted by atomic mass is 10.2. The lowest BCUT2D eigenvalue weighted by Gasteiger charge is -2.13. The van der Waals surface area contributed by atoms with E-state index in [1.54, 1.807) is 12.1 Å². The second kappa shape index (κ2) is 5.46. The summed E-state index contributed by atoms with van der Waals surface area (Å²) in [6, 6.07) is 6.03. The van der Waals surface area contributed by atoms with Crippen LogP contribution in [0.2, 0.25) is 0 Å². The molecule has 1 rings (SSSR count). The third kappa shape index (κ3) is 3.61. The number of aliphatic hydroxyl groups excluding tert-OH is 1. The molecule has 0 aliphatic carbocycles. The Bertz CT molecular complexity index is 369. The quantitative estimate of drug-likeness (QED) is 0.687. The first kappa shape index (κ1) is 13.2. The molecule has 0 aliphatic rings. The van der Waals surface area contributed by atoms with Crippen LogP contribution in [0.1, 0.15) is 24.8 Å². The average molecular weight is 246 g/mol. The van der Waals surface area contributed by atoms with Gasteiger partial charge in [-0.05, 0) is 24.1 Å². The topological polar surface area (TPSA) is 87.0 Å². The van der Waals surface area contributed by atoms with Crippen LogP contribution in [0.15, 0.2) is 24.3 Å². The van der Waals surface area contributed by atoms with Crippen molar-refractivity contribution in [3.63, 3.8) is 0 Å². The van der Waals surface area contributed by atoms with Gasteiger partial charge in [0.15, 0.2) is 5.85 Å². The molecule has 16 heavy (non-hydrogen) atoms. The maximum absolute atomic E-state index is 10.8. The Morgan fingerprint density at radius 1 is 1.31 bits per heavy atom. The monoisotopic (exact) mass is 246 g/mol. The van der Waals surface area contributed by atoms with E-state index in [0.717, 1.165) is 6.42 Å². The third-order valence-electron chi connectivity index (χ3n) is 1.97. The van der Waals surface area contributed by atoms with Gasteiger partial charge in [-0.25, -0.2) is 0 Å². The van der Waals surface area contributed by atoms with Gasteiger partial charge in [-0.15, -0.1) is 0 Å². The first-order chi connectivity index (χ1) is 7.45. The number of hydrogen-bond acceptors (Lipinski definition) is 3. The second-order valence-electron chi connectivity index (χ2n) is 3.38. The summed E-state index contributed by atoms with van der Waals surface area (Å²) in [5, 5.41) is 9.32. The molecule has 1 unspecified atom stereocenters. The summed E-state index contributed by atoms with van der Waals surface area (Å²) in [5.41, 5.74) is 0.178. The molecule has 3 N–H and O–H groups in total. The van der Waals surface area contributed by atoms with Crippen molar-refractivity contribution < 1.29 is 24.2 Å². The van der Waals surface area contributed by atoms with E-state index in [0.29, 0.717) is 12.4 Å². The molecule has 5 nitrogen and oxygen atoms in total. The normalized spacial score (nSPS) is 13.5. The molecule has 0 saturated heterocycles. The van der Waals surface area contributed by atoms with E-state index in [4.69, 9.17) is 14.5 Å². The first-order valence-electron chi connectivity index (χ1n) is 4.91. The number of aliphatic hydroxyl groups is 1. The predicted octanol–water partition coefficient (Wildman–Crippen LogP) is 1.64. The number of hydrogen-bond donors (Lipinski definition) is 3. The number of benzene rings is 1. The minimum atomic E-state index is -4.50. The van der Waals surface area contributed by atoms with Crippen LogP contribution in [0.25, 0.3) is 0 Å². The zero-order valence-corrected chi connectivity index (χ0v) is 9.80. The molecule has 90 valence electrons. The van der Waals surface area contributed by atoms with E-state index in [1.807, 2.05) is 6.92 Å². The Hall–Kier alpha value is -0.870. The summed E-state index contributed by atoms with van der Waals surface area (Å²) >= 11 is 0. The van der Waals surface area contributed by atoms with Gasteiger partial charge in [0.05, 0.1) is 6.61 Å². The lowest BCUT2D eigenvalue weighted by Crippen LogP contribution is -1.99. The van der Waals surface area contributed by atoms with Gasteiger partial charge in [-0.3, -0.25) is 4.57 Å². The number of ether oxygens (including phenoxy) is 1. The average Bonchev–Trinajstić information content (AvgIpc) is 2.25. The Morgan fingerprint density at radius 3 is 2.31 bits per heavy atom. The molecule has 0 aliphatic heterocycles. The first-order valence-corrected chi connectivity index (χ1v) is 6.59. The van der Waals surface area contributed by atoms with Crippen molar-refractivity contribution in [3.05, 3.63) is 29.8 Å². The second-order valence-corrected chi connectivity index (χ2v) is 5.05.